The van der Waals surface area contributed by atoms with E-state index in [2.05, 4.69) is 6.92 Å². The maximum absolute atomic E-state index is 5.40. The summed E-state index contributed by atoms with van der Waals surface area (Å²) in [5, 5.41) is 0. The molecular formula is C13H28O5Si. The SMILES string of the molecule is CCC[Si]OCCOCCOCCOCCOCC. The first kappa shape index (κ1) is 19.0. The Bertz CT molecular complexity index is 144. The van der Waals surface area contributed by atoms with Gasteiger partial charge in [-0.1, -0.05) is 13.3 Å². The van der Waals surface area contributed by atoms with Crippen LogP contribution >= 0.6 is 0 Å². The maximum atomic E-state index is 5.40. The summed E-state index contributed by atoms with van der Waals surface area (Å²) in [6.07, 6.45) is 1.18. The van der Waals surface area contributed by atoms with Gasteiger partial charge in [-0.15, -0.1) is 0 Å². The van der Waals surface area contributed by atoms with Crippen LogP contribution in [0.2, 0.25) is 6.04 Å². The van der Waals surface area contributed by atoms with Gasteiger partial charge < -0.3 is 23.4 Å². The summed E-state index contributed by atoms with van der Waals surface area (Å²) in [7, 11) is 0.606. The Morgan fingerprint density at radius 1 is 0.632 bits per heavy atom. The second-order valence-electron chi connectivity index (χ2n) is 3.78. The van der Waals surface area contributed by atoms with Gasteiger partial charge in [0.25, 0.3) is 0 Å². The van der Waals surface area contributed by atoms with Gasteiger partial charge in [-0.05, 0) is 13.0 Å². The molecule has 0 aliphatic carbocycles. The zero-order chi connectivity index (χ0) is 14.0. The van der Waals surface area contributed by atoms with Crippen molar-refractivity contribution in [1.82, 2.24) is 0 Å². The van der Waals surface area contributed by atoms with E-state index >= 15 is 0 Å². The molecule has 0 aliphatic rings. The Hall–Kier alpha value is 0.0169. The molecule has 6 heteroatoms. The number of rotatable bonds is 16. The molecule has 0 N–H and O–H groups in total. The molecule has 0 fully saturated rings. The predicted molar refractivity (Wildman–Crippen MR) is 75.8 cm³/mol. The second kappa shape index (κ2) is 18.0. The summed E-state index contributed by atoms with van der Waals surface area (Å²) in [5.74, 6) is 0. The van der Waals surface area contributed by atoms with Crippen LogP contribution in [0.25, 0.3) is 0 Å². The van der Waals surface area contributed by atoms with Crippen LogP contribution in [0.4, 0.5) is 0 Å². The molecular weight excluding hydrogens is 264 g/mol. The Labute approximate surface area is 119 Å². The first-order chi connectivity index (χ1) is 9.41. The molecule has 0 aromatic heterocycles. The molecule has 0 aliphatic heterocycles. The van der Waals surface area contributed by atoms with Crippen molar-refractivity contribution < 1.29 is 23.4 Å². The minimum atomic E-state index is 0.601. The molecule has 5 nitrogen and oxygen atoms in total. The summed E-state index contributed by atoms with van der Waals surface area (Å²) in [5.41, 5.74) is 0. The van der Waals surface area contributed by atoms with E-state index in [0.717, 1.165) is 12.7 Å². The third-order valence-electron chi connectivity index (χ3n) is 2.10. The van der Waals surface area contributed by atoms with Gasteiger partial charge in [-0.3, -0.25) is 0 Å². The largest absolute Gasteiger partial charge is 0.415 e. The van der Waals surface area contributed by atoms with Crippen molar-refractivity contribution in [1.29, 1.82) is 0 Å². The van der Waals surface area contributed by atoms with Crippen LogP contribution in [0.15, 0.2) is 0 Å². The molecule has 0 rings (SSSR count). The summed E-state index contributed by atoms with van der Waals surface area (Å²) in [6, 6.07) is 1.15. The van der Waals surface area contributed by atoms with Gasteiger partial charge in [0.15, 0.2) is 0 Å². The molecule has 0 aromatic carbocycles. The Kier molecular flexibility index (Phi) is 18.0. The smallest absolute Gasteiger partial charge is 0.229 e. The lowest BCUT2D eigenvalue weighted by atomic mass is 10.6. The van der Waals surface area contributed by atoms with Gasteiger partial charge >= 0.3 is 0 Å². The van der Waals surface area contributed by atoms with Crippen LogP contribution < -0.4 is 0 Å². The molecule has 0 bridgehead atoms. The molecule has 2 radical (unpaired) electrons. The molecule has 0 amide bonds. The first-order valence-corrected chi connectivity index (χ1v) is 8.19. The van der Waals surface area contributed by atoms with Crippen LogP contribution in [0, 0.1) is 0 Å². The minimum Gasteiger partial charge on any atom is -0.415 e. The predicted octanol–water partition coefficient (Wildman–Crippen LogP) is 1.54. The minimum absolute atomic E-state index is 0.601. The standard InChI is InChI=1S/C13H28O5Si/c1-3-13-19-18-12-11-17-10-9-16-8-7-15-6-5-14-4-2/h3-13H2,1-2H3. The van der Waals surface area contributed by atoms with E-state index in [9.17, 15) is 0 Å². The monoisotopic (exact) mass is 292 g/mol. The topological polar surface area (TPSA) is 46.2 Å². The third-order valence-corrected chi connectivity index (χ3v) is 3.22. The second-order valence-corrected chi connectivity index (χ2v) is 4.85. The molecule has 0 saturated carbocycles. The van der Waals surface area contributed by atoms with Crippen molar-refractivity contribution in [3.8, 4) is 0 Å². The highest BCUT2D eigenvalue weighted by Gasteiger charge is 1.93. The van der Waals surface area contributed by atoms with Crippen LogP contribution in [0.1, 0.15) is 20.3 Å². The molecule has 0 heterocycles. The molecule has 114 valence electrons. The quantitative estimate of drug-likeness (QED) is 0.319. The maximum Gasteiger partial charge on any atom is 0.229 e. The zero-order valence-electron chi connectivity index (χ0n) is 12.3. The van der Waals surface area contributed by atoms with E-state index in [0.29, 0.717) is 62.6 Å². The van der Waals surface area contributed by atoms with Crippen molar-refractivity contribution in [2.45, 2.75) is 26.3 Å². The lowest BCUT2D eigenvalue weighted by molar-refractivity contribution is -0.00334. The highest BCUT2D eigenvalue weighted by atomic mass is 28.2. The van der Waals surface area contributed by atoms with E-state index in [1.165, 1.54) is 6.42 Å². The van der Waals surface area contributed by atoms with Gasteiger partial charge in [0.05, 0.1) is 52.9 Å². The van der Waals surface area contributed by atoms with Crippen molar-refractivity contribution >= 4 is 9.76 Å². The van der Waals surface area contributed by atoms with Crippen LogP contribution in [-0.4, -0.2) is 69.2 Å². The van der Waals surface area contributed by atoms with E-state index in [4.69, 9.17) is 23.4 Å². The molecule has 19 heavy (non-hydrogen) atoms. The van der Waals surface area contributed by atoms with Gasteiger partial charge in [-0.2, -0.15) is 0 Å². The third kappa shape index (κ3) is 18.0. The molecule has 0 unspecified atom stereocenters. The zero-order valence-corrected chi connectivity index (χ0v) is 13.3. The fourth-order valence-electron chi connectivity index (χ4n) is 1.15. The van der Waals surface area contributed by atoms with Gasteiger partial charge in [0.2, 0.25) is 9.76 Å². The summed E-state index contributed by atoms with van der Waals surface area (Å²) < 4.78 is 26.6. The van der Waals surface area contributed by atoms with Gasteiger partial charge in [-0.25, -0.2) is 0 Å². The fourth-order valence-corrected chi connectivity index (χ4v) is 1.73. The normalized spacial score (nSPS) is 11.1. The summed E-state index contributed by atoms with van der Waals surface area (Å²) in [6.45, 7) is 9.89. The van der Waals surface area contributed by atoms with Gasteiger partial charge in [0.1, 0.15) is 0 Å². The highest BCUT2D eigenvalue weighted by Crippen LogP contribution is 1.87. The number of hydrogen-bond acceptors (Lipinski definition) is 5. The summed E-state index contributed by atoms with van der Waals surface area (Å²) in [4.78, 5) is 0. The molecule has 0 aromatic rings. The fraction of sp³-hybridized carbons (Fsp3) is 1.00. The van der Waals surface area contributed by atoms with Crippen molar-refractivity contribution in [3.05, 3.63) is 0 Å². The van der Waals surface area contributed by atoms with Crippen molar-refractivity contribution in [2.24, 2.45) is 0 Å². The van der Waals surface area contributed by atoms with Gasteiger partial charge in [0, 0.05) is 6.61 Å². The molecule has 0 saturated heterocycles. The van der Waals surface area contributed by atoms with Crippen LogP contribution in [0.3, 0.4) is 0 Å². The first-order valence-electron chi connectivity index (χ1n) is 7.07. The van der Waals surface area contributed by atoms with E-state index in [-0.39, 0.29) is 0 Å². The van der Waals surface area contributed by atoms with E-state index in [1.54, 1.807) is 0 Å². The summed E-state index contributed by atoms with van der Waals surface area (Å²) >= 11 is 0. The highest BCUT2D eigenvalue weighted by molar-refractivity contribution is 6.26. The Morgan fingerprint density at radius 3 is 1.58 bits per heavy atom. The number of hydrogen-bond donors (Lipinski definition) is 0. The van der Waals surface area contributed by atoms with Crippen LogP contribution in [0.5, 0.6) is 0 Å². The average molecular weight is 292 g/mol. The molecule has 0 atom stereocenters. The van der Waals surface area contributed by atoms with Crippen LogP contribution in [-0.2, 0) is 23.4 Å². The average Bonchev–Trinajstić information content (AvgIpc) is 2.43. The Balaban J connectivity index is 2.88. The lowest BCUT2D eigenvalue weighted by Crippen LogP contribution is -2.13. The van der Waals surface area contributed by atoms with Crippen molar-refractivity contribution in [2.75, 3.05) is 59.5 Å². The van der Waals surface area contributed by atoms with E-state index < -0.39 is 0 Å². The number of ether oxygens (including phenoxy) is 4. The lowest BCUT2D eigenvalue weighted by Gasteiger charge is -2.07. The van der Waals surface area contributed by atoms with Crippen molar-refractivity contribution in [3.63, 3.8) is 0 Å². The molecule has 0 spiro atoms. The van der Waals surface area contributed by atoms with E-state index in [1.807, 2.05) is 6.92 Å². The Morgan fingerprint density at radius 2 is 1.11 bits per heavy atom.